The number of rotatable bonds is 7. The largest absolute Gasteiger partial charge is 0.488 e. The monoisotopic (exact) mass is 601 g/mol. The lowest BCUT2D eigenvalue weighted by atomic mass is 10.0. The molecule has 1 N–H and O–H groups in total. The average Bonchev–Trinajstić information content (AvgIpc) is 2.93. The van der Waals surface area contributed by atoms with Gasteiger partial charge in [0.1, 0.15) is 18.2 Å². The Morgan fingerprint density at radius 3 is 2.51 bits per heavy atom. The quantitative estimate of drug-likeness (QED) is 0.124. The third-order valence-electron chi connectivity index (χ3n) is 5.71. The van der Waals surface area contributed by atoms with Gasteiger partial charge in [-0.05, 0) is 64.6 Å². The Morgan fingerprint density at radius 2 is 1.70 bits per heavy atom. The molecule has 5 rings (SSSR count). The molecule has 0 atom stereocenters. The number of amides is 1. The van der Waals surface area contributed by atoms with E-state index in [1.54, 1.807) is 36.5 Å². The molecule has 0 aliphatic rings. The number of benzene rings is 4. The molecule has 0 bridgehead atoms. The van der Waals surface area contributed by atoms with Gasteiger partial charge in [-0.25, -0.2) is 14.8 Å². The lowest BCUT2D eigenvalue weighted by Crippen LogP contribution is -2.18. The minimum Gasteiger partial charge on any atom is -0.488 e. The zero-order chi connectivity index (χ0) is 25.6. The highest BCUT2D eigenvalue weighted by atomic mass is 127. The van der Waals surface area contributed by atoms with Gasteiger partial charge in [0.2, 0.25) is 0 Å². The van der Waals surface area contributed by atoms with Gasteiger partial charge < -0.3 is 4.74 Å². The summed E-state index contributed by atoms with van der Waals surface area (Å²) in [5.41, 5.74) is 6.78. The summed E-state index contributed by atoms with van der Waals surface area (Å²) in [4.78, 5) is 17.8. The van der Waals surface area contributed by atoms with E-state index in [0.717, 1.165) is 25.6 Å². The predicted octanol–water partition coefficient (Wildman–Crippen LogP) is 6.99. The fourth-order valence-corrected chi connectivity index (χ4v) is 4.53. The molecule has 0 aliphatic carbocycles. The molecule has 0 radical (unpaired) electrons. The van der Waals surface area contributed by atoms with Crippen molar-refractivity contribution in [2.24, 2.45) is 5.10 Å². The Hall–Kier alpha value is -4.11. The van der Waals surface area contributed by atoms with Gasteiger partial charge in [0, 0.05) is 16.5 Å². The van der Waals surface area contributed by atoms with Crippen molar-refractivity contribution in [1.82, 2.24) is 10.4 Å². The van der Waals surface area contributed by atoms with Gasteiger partial charge in [0.15, 0.2) is 0 Å². The van der Waals surface area contributed by atoms with Crippen LogP contribution in [0.2, 0.25) is 0 Å². The summed E-state index contributed by atoms with van der Waals surface area (Å²) in [6, 6.07) is 31.1. The molecular formula is C30H21FIN3O2. The molecular weight excluding hydrogens is 580 g/mol. The third kappa shape index (κ3) is 5.83. The highest BCUT2D eigenvalue weighted by Crippen LogP contribution is 2.25. The van der Waals surface area contributed by atoms with Gasteiger partial charge in [-0.3, -0.25) is 4.79 Å². The van der Waals surface area contributed by atoms with E-state index < -0.39 is 0 Å². The highest BCUT2D eigenvalue weighted by molar-refractivity contribution is 14.1. The molecule has 1 aromatic heterocycles. The van der Waals surface area contributed by atoms with E-state index in [9.17, 15) is 9.18 Å². The Morgan fingerprint density at radius 1 is 0.946 bits per heavy atom. The molecule has 182 valence electrons. The zero-order valence-electron chi connectivity index (χ0n) is 19.6. The van der Waals surface area contributed by atoms with Crippen LogP contribution in [0.3, 0.4) is 0 Å². The standard InChI is InChI=1S/C30H21FIN3O2/c31-25-12-6-4-10-22(25)19-37-29-15-14-20(16-26(29)32)18-33-35-30(36)24-17-28(21-8-2-1-3-9-21)34-27-13-7-5-11-23(24)27/h1-18H,19H2,(H,35,36)/b33-18+. The van der Waals surface area contributed by atoms with Gasteiger partial charge >= 0.3 is 0 Å². The fraction of sp³-hybridized carbons (Fsp3) is 0.0333. The molecule has 0 fully saturated rings. The molecule has 5 aromatic rings. The van der Waals surface area contributed by atoms with E-state index in [1.165, 1.54) is 6.07 Å². The molecule has 37 heavy (non-hydrogen) atoms. The van der Waals surface area contributed by atoms with Crippen molar-refractivity contribution < 1.29 is 13.9 Å². The van der Waals surface area contributed by atoms with Crippen LogP contribution in [0.5, 0.6) is 5.75 Å². The van der Waals surface area contributed by atoms with Crippen molar-refractivity contribution in [3.05, 3.63) is 129 Å². The van der Waals surface area contributed by atoms with E-state index in [1.807, 2.05) is 66.7 Å². The first-order valence-electron chi connectivity index (χ1n) is 11.5. The molecule has 1 amide bonds. The maximum absolute atomic E-state index is 13.8. The number of hydrogen-bond donors (Lipinski definition) is 1. The van der Waals surface area contributed by atoms with Crippen LogP contribution in [0, 0.1) is 9.39 Å². The number of ether oxygens (including phenoxy) is 1. The summed E-state index contributed by atoms with van der Waals surface area (Å²) in [7, 11) is 0. The third-order valence-corrected chi connectivity index (χ3v) is 6.55. The van der Waals surface area contributed by atoms with E-state index in [2.05, 4.69) is 33.1 Å². The van der Waals surface area contributed by atoms with Crippen LogP contribution in [0.4, 0.5) is 4.39 Å². The smallest absolute Gasteiger partial charge is 0.272 e. The minimum absolute atomic E-state index is 0.136. The number of nitrogens with one attached hydrogen (secondary N) is 1. The number of pyridine rings is 1. The van der Waals surface area contributed by atoms with Crippen molar-refractivity contribution in [3.8, 4) is 17.0 Å². The molecule has 7 heteroatoms. The second kappa shape index (κ2) is 11.3. The molecule has 0 saturated heterocycles. The Bertz CT molecular complexity index is 1610. The molecule has 1 heterocycles. The number of carbonyl (C=O) groups excluding carboxylic acids is 1. The van der Waals surface area contributed by atoms with Crippen LogP contribution in [-0.4, -0.2) is 17.1 Å². The average molecular weight is 601 g/mol. The zero-order valence-corrected chi connectivity index (χ0v) is 21.7. The molecule has 0 unspecified atom stereocenters. The van der Waals surface area contributed by atoms with E-state index in [0.29, 0.717) is 22.6 Å². The lowest BCUT2D eigenvalue weighted by molar-refractivity contribution is 0.0956. The number of halogens is 2. The number of para-hydroxylation sites is 1. The van der Waals surface area contributed by atoms with Crippen LogP contribution in [0.1, 0.15) is 21.5 Å². The summed E-state index contributed by atoms with van der Waals surface area (Å²) in [6.45, 7) is 0.136. The van der Waals surface area contributed by atoms with Gasteiger partial charge in [0.25, 0.3) is 5.91 Å². The summed E-state index contributed by atoms with van der Waals surface area (Å²) >= 11 is 2.16. The Kier molecular flexibility index (Phi) is 7.51. The van der Waals surface area contributed by atoms with Crippen molar-refractivity contribution in [2.75, 3.05) is 0 Å². The first-order valence-corrected chi connectivity index (χ1v) is 12.6. The fourth-order valence-electron chi connectivity index (χ4n) is 3.83. The Balaban J connectivity index is 1.30. The van der Waals surface area contributed by atoms with Crippen molar-refractivity contribution in [3.63, 3.8) is 0 Å². The molecule has 0 aliphatic heterocycles. The maximum atomic E-state index is 13.8. The van der Waals surface area contributed by atoms with Gasteiger partial charge in [-0.1, -0.05) is 66.7 Å². The first-order chi connectivity index (χ1) is 18.1. The second-order valence-electron chi connectivity index (χ2n) is 8.21. The van der Waals surface area contributed by atoms with Crippen LogP contribution in [-0.2, 0) is 6.61 Å². The normalized spacial score (nSPS) is 11.1. The SMILES string of the molecule is O=C(N/N=C/c1ccc(OCc2ccccc2F)c(I)c1)c1cc(-c2ccccc2)nc2ccccc12. The van der Waals surface area contributed by atoms with Gasteiger partial charge in [0.05, 0.1) is 26.6 Å². The number of nitrogens with zero attached hydrogens (tertiary/aromatic N) is 2. The topological polar surface area (TPSA) is 63.6 Å². The van der Waals surface area contributed by atoms with Gasteiger partial charge in [-0.2, -0.15) is 5.10 Å². The van der Waals surface area contributed by atoms with E-state index in [-0.39, 0.29) is 18.3 Å². The number of aromatic nitrogens is 1. The van der Waals surface area contributed by atoms with E-state index in [4.69, 9.17) is 9.72 Å². The lowest BCUT2D eigenvalue weighted by Gasteiger charge is -2.10. The van der Waals surface area contributed by atoms with Crippen molar-refractivity contribution in [2.45, 2.75) is 6.61 Å². The summed E-state index contributed by atoms with van der Waals surface area (Å²) in [5.74, 6) is 0.0168. The minimum atomic E-state index is -0.327. The maximum Gasteiger partial charge on any atom is 0.272 e. The number of carbonyl (C=O) groups is 1. The Labute approximate surface area is 227 Å². The molecule has 0 saturated carbocycles. The van der Waals surface area contributed by atoms with Crippen LogP contribution in [0.15, 0.2) is 108 Å². The second-order valence-corrected chi connectivity index (χ2v) is 9.37. The van der Waals surface area contributed by atoms with Gasteiger partial charge in [-0.15, -0.1) is 0 Å². The number of fused-ring (bicyclic) bond motifs is 1. The number of hydrazone groups is 1. The van der Waals surface area contributed by atoms with Crippen LogP contribution < -0.4 is 10.2 Å². The number of hydrogen-bond acceptors (Lipinski definition) is 4. The first kappa shape index (κ1) is 24.6. The van der Waals surface area contributed by atoms with Crippen molar-refractivity contribution >= 4 is 45.6 Å². The van der Waals surface area contributed by atoms with Crippen LogP contribution in [0.25, 0.3) is 22.2 Å². The highest BCUT2D eigenvalue weighted by Gasteiger charge is 2.13. The summed E-state index contributed by atoms with van der Waals surface area (Å²) < 4.78 is 20.5. The molecule has 0 spiro atoms. The summed E-state index contributed by atoms with van der Waals surface area (Å²) in [6.07, 6.45) is 1.57. The summed E-state index contributed by atoms with van der Waals surface area (Å²) in [5, 5.41) is 4.92. The van der Waals surface area contributed by atoms with E-state index >= 15 is 0 Å². The van der Waals surface area contributed by atoms with Crippen molar-refractivity contribution in [1.29, 1.82) is 0 Å². The van der Waals surface area contributed by atoms with Crippen LogP contribution >= 0.6 is 22.6 Å². The molecule has 5 nitrogen and oxygen atoms in total. The predicted molar refractivity (Wildman–Crippen MR) is 152 cm³/mol. The molecule has 4 aromatic carbocycles.